The van der Waals surface area contributed by atoms with E-state index >= 15 is 4.39 Å². The minimum absolute atomic E-state index is 0.124. The zero-order valence-electron chi connectivity index (χ0n) is 15.5. The molecule has 4 nitrogen and oxygen atoms in total. The van der Waals surface area contributed by atoms with Crippen LogP contribution in [-0.4, -0.2) is 27.3 Å². The van der Waals surface area contributed by atoms with Gasteiger partial charge in [0, 0.05) is 18.5 Å². The van der Waals surface area contributed by atoms with Crippen LogP contribution in [0.5, 0.6) is 0 Å². The van der Waals surface area contributed by atoms with E-state index in [-0.39, 0.29) is 16.9 Å². The topological polar surface area (TPSA) is 58.2 Å². The van der Waals surface area contributed by atoms with Crippen molar-refractivity contribution in [1.82, 2.24) is 10.0 Å². The van der Waals surface area contributed by atoms with Gasteiger partial charge >= 0.3 is 0 Å². The molecule has 0 aromatic heterocycles. The molecule has 2 aromatic carbocycles. The Morgan fingerprint density at radius 2 is 1.71 bits per heavy atom. The average Bonchev–Trinajstić information content (AvgIpc) is 2.66. The van der Waals surface area contributed by atoms with Crippen molar-refractivity contribution in [1.29, 1.82) is 0 Å². The number of hydrogen-bond acceptors (Lipinski definition) is 3. The van der Waals surface area contributed by atoms with E-state index in [9.17, 15) is 12.8 Å². The lowest BCUT2D eigenvalue weighted by atomic mass is 9.87. The van der Waals surface area contributed by atoms with Gasteiger partial charge in [0.25, 0.3) is 0 Å². The molecule has 0 fully saturated rings. The normalized spacial score (nSPS) is 19.8. The molecule has 0 heterocycles. The third kappa shape index (κ3) is 4.55. The molecule has 0 amide bonds. The van der Waals surface area contributed by atoms with Crippen molar-refractivity contribution in [2.24, 2.45) is 0 Å². The molecule has 28 heavy (non-hydrogen) atoms. The van der Waals surface area contributed by atoms with E-state index in [1.807, 2.05) is 19.1 Å². The number of rotatable bonds is 7. The Morgan fingerprint density at radius 3 is 2.36 bits per heavy atom. The zero-order chi connectivity index (χ0) is 20.2. The van der Waals surface area contributed by atoms with Crippen LogP contribution in [0.4, 0.5) is 8.78 Å². The van der Waals surface area contributed by atoms with Crippen LogP contribution in [0.3, 0.4) is 0 Å². The summed E-state index contributed by atoms with van der Waals surface area (Å²) in [5, 5.41) is 3.13. The Hall–Kier alpha value is -2.35. The monoisotopic (exact) mass is 404 g/mol. The number of alkyl halides is 1. The van der Waals surface area contributed by atoms with Crippen LogP contribution in [0, 0.1) is 5.82 Å². The standard InChI is InChI=1S/C21H22F2N2O2S/c1-2-24-15-16-8-13-20(17-6-4-3-5-7-17)21(23,14-16)25-28(26,27)19-11-9-18(22)10-12-19/h3-13,24-25H,2,14-15H2,1H3. The fourth-order valence-electron chi connectivity index (χ4n) is 3.13. The lowest BCUT2D eigenvalue weighted by Crippen LogP contribution is -2.47. The molecule has 1 unspecified atom stereocenters. The fourth-order valence-corrected chi connectivity index (χ4v) is 4.35. The molecule has 0 bridgehead atoms. The first-order valence-corrected chi connectivity index (χ1v) is 10.5. The minimum atomic E-state index is -4.20. The molecular formula is C21H22F2N2O2S. The number of likely N-dealkylation sites (N-methyl/N-ethyl adjacent to an activating group) is 1. The molecule has 148 valence electrons. The van der Waals surface area contributed by atoms with E-state index in [1.54, 1.807) is 30.3 Å². The highest BCUT2D eigenvalue weighted by Crippen LogP contribution is 2.38. The van der Waals surface area contributed by atoms with Crippen LogP contribution >= 0.6 is 0 Å². The maximum absolute atomic E-state index is 16.2. The van der Waals surface area contributed by atoms with Crippen molar-refractivity contribution in [2.75, 3.05) is 13.1 Å². The lowest BCUT2D eigenvalue weighted by molar-refractivity contribution is 0.221. The van der Waals surface area contributed by atoms with E-state index in [4.69, 9.17) is 0 Å². The van der Waals surface area contributed by atoms with E-state index in [0.717, 1.165) is 29.8 Å². The molecule has 0 saturated heterocycles. The summed E-state index contributed by atoms with van der Waals surface area (Å²) in [5.74, 6) is -2.89. The Balaban J connectivity index is 1.98. The van der Waals surface area contributed by atoms with Gasteiger partial charge in [-0.25, -0.2) is 17.2 Å². The van der Waals surface area contributed by atoms with Crippen LogP contribution in [0.2, 0.25) is 0 Å². The van der Waals surface area contributed by atoms with E-state index < -0.39 is 21.6 Å². The Bertz CT molecular complexity index is 987. The van der Waals surface area contributed by atoms with Gasteiger partial charge < -0.3 is 5.32 Å². The summed E-state index contributed by atoms with van der Waals surface area (Å²) in [5.41, 5.74) is 1.57. The third-order valence-corrected chi connectivity index (χ3v) is 5.98. The first kappa shape index (κ1) is 20.4. The molecule has 1 atom stereocenters. The summed E-state index contributed by atoms with van der Waals surface area (Å²) < 4.78 is 57.1. The van der Waals surface area contributed by atoms with Crippen molar-refractivity contribution in [2.45, 2.75) is 24.0 Å². The van der Waals surface area contributed by atoms with Crippen molar-refractivity contribution < 1.29 is 17.2 Å². The van der Waals surface area contributed by atoms with Crippen molar-refractivity contribution >= 4 is 15.6 Å². The maximum Gasteiger partial charge on any atom is 0.243 e. The van der Waals surface area contributed by atoms with Gasteiger partial charge in [0.2, 0.25) is 15.8 Å². The summed E-state index contributed by atoms with van der Waals surface area (Å²) in [7, 11) is -4.20. The SMILES string of the molecule is CCNCC1=CC=C(c2ccccc2)C(F)(NS(=O)(=O)c2ccc(F)cc2)C1. The third-order valence-electron chi connectivity index (χ3n) is 4.49. The Morgan fingerprint density at radius 1 is 1.04 bits per heavy atom. The smallest absolute Gasteiger partial charge is 0.243 e. The molecule has 1 aliphatic carbocycles. The first-order valence-electron chi connectivity index (χ1n) is 8.99. The highest BCUT2D eigenvalue weighted by molar-refractivity contribution is 7.89. The number of halogens is 2. The molecule has 0 aliphatic heterocycles. The van der Waals surface area contributed by atoms with Gasteiger partial charge in [-0.05, 0) is 36.4 Å². The van der Waals surface area contributed by atoms with Gasteiger partial charge in [-0.1, -0.05) is 55.0 Å². The molecular weight excluding hydrogens is 382 g/mol. The van der Waals surface area contributed by atoms with Gasteiger partial charge in [0.15, 0.2) is 0 Å². The molecule has 0 saturated carbocycles. The van der Waals surface area contributed by atoms with Crippen LogP contribution in [0.25, 0.3) is 5.57 Å². The summed E-state index contributed by atoms with van der Waals surface area (Å²) in [6.45, 7) is 3.11. The number of allylic oxidation sites excluding steroid dienone is 2. The summed E-state index contributed by atoms with van der Waals surface area (Å²) in [6, 6.07) is 13.1. The highest BCUT2D eigenvalue weighted by atomic mass is 32.2. The predicted molar refractivity (Wildman–Crippen MR) is 106 cm³/mol. The highest BCUT2D eigenvalue weighted by Gasteiger charge is 2.41. The maximum atomic E-state index is 16.2. The Labute approximate surface area is 164 Å². The predicted octanol–water partition coefficient (Wildman–Crippen LogP) is 3.79. The molecule has 7 heteroatoms. The number of nitrogens with one attached hydrogen (secondary N) is 2. The second kappa shape index (κ2) is 8.34. The molecule has 2 aromatic rings. The minimum Gasteiger partial charge on any atom is -0.313 e. The molecule has 2 N–H and O–H groups in total. The number of sulfonamides is 1. The average molecular weight is 404 g/mol. The molecule has 0 spiro atoms. The molecule has 3 rings (SSSR count). The number of benzene rings is 2. The quantitative estimate of drug-likeness (QED) is 0.691. The van der Waals surface area contributed by atoms with E-state index in [1.165, 1.54) is 0 Å². The van der Waals surface area contributed by atoms with Crippen molar-refractivity contribution in [3.63, 3.8) is 0 Å². The van der Waals surface area contributed by atoms with Gasteiger partial charge in [0.05, 0.1) is 4.90 Å². The molecule has 1 aliphatic rings. The van der Waals surface area contributed by atoms with Crippen LogP contribution in [0.15, 0.2) is 77.2 Å². The second-order valence-corrected chi connectivity index (χ2v) is 8.27. The second-order valence-electron chi connectivity index (χ2n) is 6.59. The number of hydrogen-bond donors (Lipinski definition) is 2. The first-order chi connectivity index (χ1) is 13.3. The van der Waals surface area contributed by atoms with Gasteiger partial charge in [0.1, 0.15) is 5.82 Å². The van der Waals surface area contributed by atoms with E-state index in [2.05, 4.69) is 10.0 Å². The zero-order valence-corrected chi connectivity index (χ0v) is 16.3. The lowest BCUT2D eigenvalue weighted by Gasteiger charge is -2.33. The molecule has 0 radical (unpaired) electrons. The van der Waals surface area contributed by atoms with Gasteiger partial charge in [-0.2, -0.15) is 4.72 Å². The van der Waals surface area contributed by atoms with Gasteiger partial charge in [-0.3, -0.25) is 0 Å². The summed E-state index contributed by atoms with van der Waals surface area (Å²) in [4.78, 5) is -0.193. The van der Waals surface area contributed by atoms with E-state index in [0.29, 0.717) is 18.7 Å². The Kier molecular flexibility index (Phi) is 6.07. The van der Waals surface area contributed by atoms with Crippen molar-refractivity contribution in [3.05, 3.63) is 83.7 Å². The fraction of sp³-hybridized carbons (Fsp3) is 0.238. The van der Waals surface area contributed by atoms with Gasteiger partial charge in [-0.15, -0.1) is 0 Å². The van der Waals surface area contributed by atoms with Crippen LogP contribution < -0.4 is 10.0 Å². The summed E-state index contributed by atoms with van der Waals surface area (Å²) >= 11 is 0. The summed E-state index contributed by atoms with van der Waals surface area (Å²) in [6.07, 6.45) is 3.30. The van der Waals surface area contributed by atoms with Crippen LogP contribution in [-0.2, 0) is 10.0 Å². The largest absolute Gasteiger partial charge is 0.313 e. The van der Waals surface area contributed by atoms with Crippen molar-refractivity contribution in [3.8, 4) is 0 Å². The van der Waals surface area contributed by atoms with Crippen LogP contribution in [0.1, 0.15) is 18.9 Å².